The second kappa shape index (κ2) is 8.78. The van der Waals surface area contributed by atoms with E-state index in [1.54, 1.807) is 40.8 Å². The van der Waals surface area contributed by atoms with E-state index in [1.807, 2.05) is 45.0 Å². The third-order valence-corrected chi connectivity index (χ3v) is 5.23. The van der Waals surface area contributed by atoms with Gasteiger partial charge in [0.1, 0.15) is 5.82 Å². The van der Waals surface area contributed by atoms with E-state index in [-0.39, 0.29) is 23.4 Å². The summed E-state index contributed by atoms with van der Waals surface area (Å²) < 4.78 is 1.58. The monoisotopic (exact) mass is 411 g/mol. The molecule has 0 bridgehead atoms. The fourth-order valence-corrected chi connectivity index (χ4v) is 3.72. The number of carbonyl (C=O) groups is 1. The standard InChI is InChI=1S/C23H26ClN3O2/c1-5-20(26(4)21(28)13-15(2)3)22-25-19-12-7-6-11-18(19)23(29)27(22)17-10-8-9-16(24)14-17/h6-12,14-15,20H,5,13H2,1-4H3. The lowest BCUT2D eigenvalue weighted by molar-refractivity contribution is -0.133. The van der Waals surface area contributed by atoms with Gasteiger partial charge in [0, 0.05) is 18.5 Å². The Balaban J connectivity index is 2.25. The molecule has 2 aromatic carbocycles. The molecule has 152 valence electrons. The summed E-state index contributed by atoms with van der Waals surface area (Å²) in [6.45, 7) is 6.03. The van der Waals surface area contributed by atoms with Crippen LogP contribution in [0.5, 0.6) is 0 Å². The third-order valence-electron chi connectivity index (χ3n) is 5.00. The van der Waals surface area contributed by atoms with Crippen molar-refractivity contribution in [3.05, 3.63) is 69.7 Å². The van der Waals surface area contributed by atoms with Crippen molar-refractivity contribution >= 4 is 28.4 Å². The molecule has 3 aromatic rings. The fourth-order valence-electron chi connectivity index (χ4n) is 3.53. The summed E-state index contributed by atoms with van der Waals surface area (Å²) in [5.41, 5.74) is 1.09. The van der Waals surface area contributed by atoms with Gasteiger partial charge in [0.05, 0.1) is 22.6 Å². The van der Waals surface area contributed by atoms with Crippen LogP contribution < -0.4 is 5.56 Å². The minimum Gasteiger partial charge on any atom is -0.336 e. The molecular formula is C23H26ClN3O2. The Bertz CT molecular complexity index is 1090. The molecule has 0 fully saturated rings. The van der Waals surface area contributed by atoms with E-state index in [9.17, 15) is 9.59 Å². The molecule has 0 radical (unpaired) electrons. The van der Waals surface area contributed by atoms with Crippen LogP contribution in [-0.2, 0) is 4.79 Å². The van der Waals surface area contributed by atoms with E-state index < -0.39 is 0 Å². The number of carbonyl (C=O) groups excluding carboxylic acids is 1. The van der Waals surface area contributed by atoms with Gasteiger partial charge in [-0.1, -0.05) is 50.6 Å². The summed E-state index contributed by atoms with van der Waals surface area (Å²) in [5.74, 6) is 0.826. The van der Waals surface area contributed by atoms with Crippen molar-refractivity contribution < 1.29 is 4.79 Å². The van der Waals surface area contributed by atoms with E-state index in [0.717, 1.165) is 0 Å². The van der Waals surface area contributed by atoms with Crippen molar-refractivity contribution in [1.29, 1.82) is 0 Å². The van der Waals surface area contributed by atoms with Gasteiger partial charge in [0.15, 0.2) is 0 Å². The lowest BCUT2D eigenvalue weighted by Crippen LogP contribution is -2.36. The minimum absolute atomic E-state index is 0.0342. The van der Waals surface area contributed by atoms with Crippen molar-refractivity contribution in [3.8, 4) is 5.69 Å². The molecule has 6 heteroatoms. The van der Waals surface area contributed by atoms with Crippen LogP contribution in [0.4, 0.5) is 0 Å². The molecule has 0 spiro atoms. The normalized spacial score (nSPS) is 12.3. The molecule has 3 rings (SSSR count). The van der Waals surface area contributed by atoms with Crippen molar-refractivity contribution in [2.24, 2.45) is 5.92 Å². The highest BCUT2D eigenvalue weighted by atomic mass is 35.5. The molecule has 1 unspecified atom stereocenters. The van der Waals surface area contributed by atoms with Crippen LogP contribution in [0.1, 0.15) is 45.5 Å². The number of hydrogen-bond donors (Lipinski definition) is 0. The Kier molecular flexibility index (Phi) is 6.38. The van der Waals surface area contributed by atoms with Crippen molar-refractivity contribution in [1.82, 2.24) is 14.5 Å². The maximum Gasteiger partial charge on any atom is 0.266 e. The first-order chi connectivity index (χ1) is 13.8. The van der Waals surface area contributed by atoms with Gasteiger partial charge in [0.25, 0.3) is 5.56 Å². The van der Waals surface area contributed by atoms with Crippen LogP contribution in [0.3, 0.4) is 0 Å². The summed E-state index contributed by atoms with van der Waals surface area (Å²) in [6, 6.07) is 14.1. The highest BCUT2D eigenvalue weighted by molar-refractivity contribution is 6.30. The zero-order valence-electron chi connectivity index (χ0n) is 17.2. The van der Waals surface area contributed by atoms with Crippen LogP contribution in [0.15, 0.2) is 53.3 Å². The fraction of sp³-hybridized carbons (Fsp3) is 0.348. The average Bonchev–Trinajstić information content (AvgIpc) is 2.68. The summed E-state index contributed by atoms with van der Waals surface area (Å²) in [4.78, 5) is 32.7. The van der Waals surface area contributed by atoms with Crippen LogP contribution in [0, 0.1) is 5.92 Å². The molecule has 29 heavy (non-hydrogen) atoms. The number of rotatable bonds is 6. The first-order valence-electron chi connectivity index (χ1n) is 9.86. The Morgan fingerprint density at radius 1 is 1.17 bits per heavy atom. The van der Waals surface area contributed by atoms with Crippen LogP contribution in [-0.4, -0.2) is 27.4 Å². The molecule has 0 saturated heterocycles. The second-order valence-electron chi connectivity index (χ2n) is 7.63. The van der Waals surface area contributed by atoms with E-state index in [0.29, 0.717) is 40.3 Å². The maximum atomic E-state index is 13.4. The first-order valence-corrected chi connectivity index (χ1v) is 10.2. The molecule has 0 aliphatic carbocycles. The highest BCUT2D eigenvalue weighted by Crippen LogP contribution is 2.26. The second-order valence-corrected chi connectivity index (χ2v) is 8.07. The summed E-state index contributed by atoms with van der Waals surface area (Å²) >= 11 is 6.20. The van der Waals surface area contributed by atoms with Gasteiger partial charge < -0.3 is 4.90 Å². The number of nitrogens with zero attached hydrogens (tertiary/aromatic N) is 3. The molecule has 1 atom stereocenters. The topological polar surface area (TPSA) is 55.2 Å². The van der Waals surface area contributed by atoms with Crippen molar-refractivity contribution in [2.45, 2.75) is 39.7 Å². The quantitative estimate of drug-likeness (QED) is 0.573. The predicted molar refractivity (Wildman–Crippen MR) is 118 cm³/mol. The minimum atomic E-state index is -0.336. The molecule has 5 nitrogen and oxygen atoms in total. The molecule has 1 heterocycles. The van der Waals surface area contributed by atoms with Crippen molar-refractivity contribution in [2.75, 3.05) is 7.05 Å². The Morgan fingerprint density at radius 2 is 1.90 bits per heavy atom. The zero-order chi connectivity index (χ0) is 21.1. The molecule has 0 aliphatic heterocycles. The number of para-hydroxylation sites is 1. The van der Waals surface area contributed by atoms with E-state index >= 15 is 0 Å². The molecule has 1 amide bonds. The lowest BCUT2D eigenvalue weighted by Gasteiger charge is -2.29. The maximum absolute atomic E-state index is 13.4. The van der Waals surface area contributed by atoms with Crippen LogP contribution in [0.25, 0.3) is 16.6 Å². The Labute approximate surface area is 175 Å². The molecule has 0 N–H and O–H groups in total. The molecule has 1 aromatic heterocycles. The van der Waals surface area contributed by atoms with E-state index in [1.165, 1.54) is 0 Å². The van der Waals surface area contributed by atoms with Gasteiger partial charge in [-0.05, 0) is 42.7 Å². The molecule has 0 aliphatic rings. The SMILES string of the molecule is CCC(c1nc2ccccc2c(=O)n1-c1cccc(Cl)c1)N(C)C(=O)CC(C)C. The largest absolute Gasteiger partial charge is 0.336 e. The number of fused-ring (bicyclic) bond motifs is 1. The average molecular weight is 412 g/mol. The first kappa shape index (κ1) is 21.1. The summed E-state index contributed by atoms with van der Waals surface area (Å²) in [6.07, 6.45) is 1.08. The van der Waals surface area contributed by atoms with Gasteiger partial charge in [-0.3, -0.25) is 14.2 Å². The number of hydrogen-bond acceptors (Lipinski definition) is 3. The third kappa shape index (κ3) is 4.35. The number of amides is 1. The van der Waals surface area contributed by atoms with E-state index in [2.05, 4.69) is 0 Å². The Morgan fingerprint density at radius 3 is 2.55 bits per heavy atom. The molecular weight excluding hydrogens is 386 g/mol. The van der Waals surface area contributed by atoms with Crippen LogP contribution in [0.2, 0.25) is 5.02 Å². The number of halogens is 1. The van der Waals surface area contributed by atoms with Gasteiger partial charge in [-0.25, -0.2) is 4.98 Å². The Hall–Kier alpha value is -2.66. The van der Waals surface area contributed by atoms with Gasteiger partial charge in [0.2, 0.25) is 5.91 Å². The summed E-state index contributed by atoms with van der Waals surface area (Å²) in [7, 11) is 1.78. The smallest absolute Gasteiger partial charge is 0.266 e. The molecule has 0 saturated carbocycles. The summed E-state index contributed by atoms with van der Waals surface area (Å²) in [5, 5.41) is 1.06. The zero-order valence-corrected chi connectivity index (χ0v) is 18.0. The lowest BCUT2D eigenvalue weighted by atomic mass is 10.1. The number of aromatic nitrogens is 2. The number of benzene rings is 2. The van der Waals surface area contributed by atoms with Gasteiger partial charge in [-0.15, -0.1) is 0 Å². The van der Waals surface area contributed by atoms with Crippen LogP contribution >= 0.6 is 11.6 Å². The van der Waals surface area contributed by atoms with Crippen molar-refractivity contribution in [3.63, 3.8) is 0 Å². The van der Waals surface area contributed by atoms with Gasteiger partial charge in [-0.2, -0.15) is 0 Å². The predicted octanol–water partition coefficient (Wildman–Crippen LogP) is 4.99. The highest BCUT2D eigenvalue weighted by Gasteiger charge is 2.26. The van der Waals surface area contributed by atoms with E-state index in [4.69, 9.17) is 16.6 Å². The van der Waals surface area contributed by atoms with Gasteiger partial charge >= 0.3 is 0 Å².